The molecule has 0 unspecified atom stereocenters. The number of nitrogens with zero attached hydrogens (tertiary/aromatic N) is 7. The normalized spacial score (nSPS) is 12.0. The van der Waals surface area contributed by atoms with Gasteiger partial charge in [0.2, 0.25) is 5.95 Å². The van der Waals surface area contributed by atoms with E-state index in [1.165, 1.54) is 17.1 Å². The highest BCUT2D eigenvalue weighted by Crippen LogP contribution is 2.23. The third kappa shape index (κ3) is 3.68. The molecule has 11 heteroatoms. The number of hydrogen-bond acceptors (Lipinski definition) is 8. The number of aryl methyl sites for hydroxylation is 1. The second-order valence-electron chi connectivity index (χ2n) is 6.94. The predicted molar refractivity (Wildman–Crippen MR) is 108 cm³/mol. The van der Waals surface area contributed by atoms with Crippen LogP contribution >= 0.6 is 0 Å². The summed E-state index contributed by atoms with van der Waals surface area (Å²) in [6, 6.07) is 3.90. The molecule has 4 rings (SSSR count). The fourth-order valence-electron chi connectivity index (χ4n) is 3.12. The van der Waals surface area contributed by atoms with Crippen LogP contribution in [0.3, 0.4) is 0 Å². The monoisotopic (exact) mass is 412 g/mol. The molecule has 1 N–H and O–H groups in total. The summed E-state index contributed by atoms with van der Waals surface area (Å²) in [4.78, 5) is 21.4. The van der Waals surface area contributed by atoms with E-state index in [0.29, 0.717) is 17.6 Å². The number of nitrogens with one attached hydrogen (secondary N) is 1. The van der Waals surface area contributed by atoms with Crippen LogP contribution in [0.5, 0.6) is 0 Å². The first-order valence-electron chi connectivity index (χ1n) is 8.91. The largest absolute Gasteiger partial charge is 0.326 e. The minimum atomic E-state index is -3.40. The fourth-order valence-corrected chi connectivity index (χ4v) is 3.66. The van der Waals surface area contributed by atoms with E-state index in [4.69, 9.17) is 0 Å². The van der Waals surface area contributed by atoms with Gasteiger partial charge in [-0.25, -0.2) is 28.4 Å². The average molecular weight is 412 g/mol. The molecule has 0 radical (unpaired) electrons. The van der Waals surface area contributed by atoms with Gasteiger partial charge in [0.25, 0.3) is 0 Å². The molecule has 0 amide bonds. The van der Waals surface area contributed by atoms with E-state index in [9.17, 15) is 8.42 Å². The number of aromatic nitrogens is 7. The Morgan fingerprint density at radius 3 is 2.59 bits per heavy atom. The molecule has 0 spiro atoms. The lowest BCUT2D eigenvalue weighted by atomic mass is 10.3. The summed E-state index contributed by atoms with van der Waals surface area (Å²) in [5, 5.41) is 3.13. The lowest BCUT2D eigenvalue weighted by molar-refractivity contribution is 0.598. The first kappa shape index (κ1) is 19.0. The molecule has 29 heavy (non-hydrogen) atoms. The minimum Gasteiger partial charge on any atom is -0.326 e. The van der Waals surface area contributed by atoms with Crippen LogP contribution < -0.4 is 5.32 Å². The van der Waals surface area contributed by atoms with Crippen molar-refractivity contribution in [2.45, 2.75) is 31.8 Å². The Hall–Kier alpha value is -3.34. The van der Waals surface area contributed by atoms with E-state index in [1.807, 2.05) is 13.0 Å². The van der Waals surface area contributed by atoms with Crippen molar-refractivity contribution >= 4 is 32.5 Å². The summed E-state index contributed by atoms with van der Waals surface area (Å²) in [6.45, 7) is 6.18. The second kappa shape index (κ2) is 6.92. The van der Waals surface area contributed by atoms with Gasteiger partial charge < -0.3 is 9.88 Å². The van der Waals surface area contributed by atoms with Gasteiger partial charge in [0, 0.05) is 24.6 Å². The van der Waals surface area contributed by atoms with Gasteiger partial charge in [-0.15, -0.1) is 0 Å². The highest BCUT2D eigenvalue weighted by atomic mass is 32.2. The summed E-state index contributed by atoms with van der Waals surface area (Å²) in [5.74, 6) is 2.36. The van der Waals surface area contributed by atoms with E-state index in [1.54, 1.807) is 18.5 Å². The smallest absolute Gasteiger partial charge is 0.236 e. The van der Waals surface area contributed by atoms with Gasteiger partial charge in [-0.2, -0.15) is 4.98 Å². The number of anilines is 2. The SMILES string of the molecule is Cc1nc2cnc(Nc3ccnc(-n4cnc(S(C)(=O)=O)c4)n3)cc2n1C(C)C. The Kier molecular flexibility index (Phi) is 4.53. The molecule has 4 aromatic heterocycles. The van der Waals surface area contributed by atoms with Crippen LogP contribution in [0.2, 0.25) is 0 Å². The van der Waals surface area contributed by atoms with Crippen LogP contribution in [-0.4, -0.2) is 48.7 Å². The van der Waals surface area contributed by atoms with Crippen LogP contribution in [-0.2, 0) is 9.84 Å². The topological polar surface area (TPSA) is 120 Å². The molecule has 0 bridgehead atoms. The number of hydrogen-bond donors (Lipinski definition) is 1. The summed E-state index contributed by atoms with van der Waals surface area (Å²) >= 11 is 0. The number of pyridine rings is 1. The van der Waals surface area contributed by atoms with Crippen molar-refractivity contribution in [2.75, 3.05) is 11.6 Å². The predicted octanol–water partition coefficient (Wildman–Crippen LogP) is 2.44. The van der Waals surface area contributed by atoms with Crippen molar-refractivity contribution in [3.05, 3.63) is 42.9 Å². The van der Waals surface area contributed by atoms with Crippen molar-refractivity contribution in [2.24, 2.45) is 0 Å². The Labute approximate surface area is 167 Å². The van der Waals surface area contributed by atoms with E-state index in [2.05, 4.69) is 48.7 Å². The maximum absolute atomic E-state index is 11.6. The number of rotatable bonds is 5. The zero-order valence-electron chi connectivity index (χ0n) is 16.4. The van der Waals surface area contributed by atoms with Crippen LogP contribution in [0.25, 0.3) is 17.0 Å². The van der Waals surface area contributed by atoms with Crippen LogP contribution in [0, 0.1) is 6.92 Å². The molecule has 4 aromatic rings. The molecule has 0 saturated heterocycles. The molecule has 0 fully saturated rings. The van der Waals surface area contributed by atoms with Crippen LogP contribution in [0.15, 0.2) is 42.1 Å². The molecular formula is C18H20N8O2S. The standard InChI is InChI=1S/C18H20N8O2S/c1-11(2)26-12(3)22-13-8-20-16(7-14(13)26)23-15-5-6-19-18(24-15)25-9-17(21-10-25)29(4,27)28/h5-11H,1-4H3,(H,19,20,23,24). The maximum atomic E-state index is 11.6. The van der Waals surface area contributed by atoms with Crippen molar-refractivity contribution < 1.29 is 8.42 Å². The first-order chi connectivity index (χ1) is 13.7. The van der Waals surface area contributed by atoms with Gasteiger partial charge in [0.15, 0.2) is 14.9 Å². The molecule has 10 nitrogen and oxygen atoms in total. The Morgan fingerprint density at radius 2 is 1.90 bits per heavy atom. The van der Waals surface area contributed by atoms with E-state index >= 15 is 0 Å². The van der Waals surface area contributed by atoms with Crippen molar-refractivity contribution in [1.82, 2.24) is 34.1 Å². The van der Waals surface area contributed by atoms with Gasteiger partial charge in [-0.1, -0.05) is 0 Å². The highest BCUT2D eigenvalue weighted by molar-refractivity contribution is 7.90. The molecule has 0 saturated carbocycles. The summed E-state index contributed by atoms with van der Waals surface area (Å²) < 4.78 is 26.8. The number of fused-ring (bicyclic) bond motifs is 1. The lowest BCUT2D eigenvalue weighted by Crippen LogP contribution is -2.04. The fraction of sp³-hybridized carbons (Fsp3) is 0.278. The van der Waals surface area contributed by atoms with Crippen molar-refractivity contribution in [3.63, 3.8) is 0 Å². The lowest BCUT2D eigenvalue weighted by Gasteiger charge is -2.11. The summed E-state index contributed by atoms with van der Waals surface area (Å²) in [5.41, 5.74) is 1.81. The van der Waals surface area contributed by atoms with E-state index in [0.717, 1.165) is 23.1 Å². The van der Waals surface area contributed by atoms with Gasteiger partial charge in [-0.3, -0.25) is 4.57 Å². The van der Waals surface area contributed by atoms with Gasteiger partial charge >= 0.3 is 0 Å². The zero-order chi connectivity index (χ0) is 20.8. The molecular weight excluding hydrogens is 392 g/mol. The quantitative estimate of drug-likeness (QED) is 0.531. The third-order valence-electron chi connectivity index (χ3n) is 4.34. The summed E-state index contributed by atoms with van der Waals surface area (Å²) in [6.07, 6.45) is 7.14. The molecule has 0 aromatic carbocycles. The van der Waals surface area contributed by atoms with Gasteiger partial charge in [-0.05, 0) is 26.8 Å². The number of sulfone groups is 1. The third-order valence-corrected chi connectivity index (χ3v) is 5.31. The second-order valence-corrected chi connectivity index (χ2v) is 8.90. The van der Waals surface area contributed by atoms with Crippen LogP contribution in [0.4, 0.5) is 11.6 Å². The highest BCUT2D eigenvalue weighted by Gasteiger charge is 2.14. The zero-order valence-corrected chi connectivity index (χ0v) is 17.2. The maximum Gasteiger partial charge on any atom is 0.236 e. The van der Waals surface area contributed by atoms with E-state index < -0.39 is 9.84 Å². The van der Waals surface area contributed by atoms with Crippen molar-refractivity contribution in [1.29, 1.82) is 0 Å². The van der Waals surface area contributed by atoms with Gasteiger partial charge in [0.05, 0.1) is 17.9 Å². The molecule has 0 aliphatic heterocycles. The summed E-state index contributed by atoms with van der Waals surface area (Å²) in [7, 11) is -3.40. The Morgan fingerprint density at radius 1 is 1.10 bits per heavy atom. The Balaban J connectivity index is 1.66. The first-order valence-corrected chi connectivity index (χ1v) is 10.8. The number of imidazole rings is 2. The molecule has 4 heterocycles. The van der Waals surface area contributed by atoms with Gasteiger partial charge in [0.1, 0.15) is 29.3 Å². The van der Waals surface area contributed by atoms with Crippen LogP contribution in [0.1, 0.15) is 25.7 Å². The molecule has 0 atom stereocenters. The van der Waals surface area contributed by atoms with Crippen molar-refractivity contribution in [3.8, 4) is 5.95 Å². The molecule has 150 valence electrons. The Bertz CT molecular complexity index is 1310. The van der Waals surface area contributed by atoms with E-state index in [-0.39, 0.29) is 11.1 Å². The average Bonchev–Trinajstić information content (AvgIpc) is 3.25. The molecule has 0 aliphatic carbocycles. The minimum absolute atomic E-state index is 0.0381. The molecule has 0 aliphatic rings.